The molecule has 168 valence electrons. The second-order valence-electron chi connectivity index (χ2n) is 7.84. The van der Waals surface area contributed by atoms with Gasteiger partial charge in [-0.3, -0.25) is 9.36 Å². The van der Waals surface area contributed by atoms with Crippen LogP contribution < -0.4 is 24.2 Å². The number of nitrogens with zero attached hydrogens (tertiary/aromatic N) is 3. The summed E-state index contributed by atoms with van der Waals surface area (Å²) in [6.07, 6.45) is 4.26. The number of aromatic nitrogens is 2. The quantitative estimate of drug-likeness (QED) is 0.379. The molecule has 0 unspecified atom stereocenters. The minimum atomic E-state index is 0.0593. The van der Waals surface area contributed by atoms with Crippen LogP contribution in [0.3, 0.4) is 0 Å². The van der Waals surface area contributed by atoms with Gasteiger partial charge in [0.05, 0.1) is 17.1 Å². The molecule has 3 heterocycles. The zero-order valence-corrected chi connectivity index (χ0v) is 21.7. The number of anilines is 1. The molecular formula is C25H23ClN3OS3+. The van der Waals surface area contributed by atoms with E-state index in [1.165, 1.54) is 11.1 Å². The zero-order chi connectivity index (χ0) is 23.1. The highest BCUT2D eigenvalue weighted by molar-refractivity contribution is 8.08. The average molecular weight is 513 g/mol. The molecule has 33 heavy (non-hydrogen) atoms. The molecular weight excluding hydrogens is 490 g/mol. The summed E-state index contributed by atoms with van der Waals surface area (Å²) in [5, 5.41) is 4.89. The zero-order valence-electron chi connectivity index (χ0n) is 18.5. The highest BCUT2D eigenvalue weighted by Gasteiger charge is 2.25. The van der Waals surface area contributed by atoms with Crippen molar-refractivity contribution in [2.24, 2.45) is 0 Å². The molecule has 0 saturated heterocycles. The topological polar surface area (TPSA) is 29.1 Å². The van der Waals surface area contributed by atoms with Crippen LogP contribution in [0.5, 0.6) is 0 Å². The maximum absolute atomic E-state index is 13.4. The fourth-order valence-electron chi connectivity index (χ4n) is 3.93. The molecule has 0 N–H and O–H groups in total. The Kier molecular flexibility index (Phi) is 6.22. The summed E-state index contributed by atoms with van der Waals surface area (Å²) in [6.45, 7) is 5.60. The number of thiazole rings is 2. The molecule has 0 radical (unpaired) electrons. The number of benzene rings is 2. The number of halogens is 1. The van der Waals surface area contributed by atoms with E-state index in [2.05, 4.69) is 58.3 Å². The highest BCUT2D eigenvalue weighted by Crippen LogP contribution is 2.46. The molecule has 5 rings (SSSR count). The fraction of sp³-hybridized carbons (Fsp3) is 0.200. The van der Waals surface area contributed by atoms with Gasteiger partial charge in [0.25, 0.3) is 10.6 Å². The van der Waals surface area contributed by atoms with Crippen LogP contribution in [0.25, 0.3) is 11.1 Å². The molecule has 4 aromatic rings. The first kappa shape index (κ1) is 22.5. The SMILES string of the molecule is CCn1c(=Cc2scc[n+]2Cc2ccccc2C)sc(=C2Sc3cc(Cl)ccc3N2C)c1=O. The molecule has 2 aromatic carbocycles. The van der Waals surface area contributed by atoms with E-state index in [0.717, 1.165) is 36.4 Å². The van der Waals surface area contributed by atoms with Crippen LogP contribution in [-0.2, 0) is 13.1 Å². The van der Waals surface area contributed by atoms with Gasteiger partial charge < -0.3 is 4.90 Å². The minimum absolute atomic E-state index is 0.0593. The van der Waals surface area contributed by atoms with Gasteiger partial charge in [-0.1, -0.05) is 59.0 Å². The third-order valence-corrected chi connectivity index (χ3v) is 9.33. The predicted octanol–water partition coefficient (Wildman–Crippen LogP) is 4.43. The molecule has 0 fully saturated rings. The predicted molar refractivity (Wildman–Crippen MR) is 141 cm³/mol. The van der Waals surface area contributed by atoms with E-state index in [4.69, 9.17) is 11.6 Å². The number of hydrogen-bond donors (Lipinski definition) is 0. The third kappa shape index (κ3) is 4.19. The Morgan fingerprint density at radius 2 is 2.00 bits per heavy atom. The third-order valence-electron chi connectivity index (χ3n) is 5.78. The maximum atomic E-state index is 13.4. The van der Waals surface area contributed by atoms with Gasteiger partial charge in [-0.25, -0.2) is 0 Å². The lowest BCUT2D eigenvalue weighted by Gasteiger charge is -2.12. The van der Waals surface area contributed by atoms with E-state index < -0.39 is 0 Å². The molecule has 4 nitrogen and oxygen atoms in total. The van der Waals surface area contributed by atoms with Crippen molar-refractivity contribution in [2.75, 3.05) is 11.9 Å². The van der Waals surface area contributed by atoms with Gasteiger partial charge in [-0.2, -0.15) is 4.57 Å². The van der Waals surface area contributed by atoms with Crippen LogP contribution >= 0.6 is 46.0 Å². The van der Waals surface area contributed by atoms with Crippen molar-refractivity contribution < 1.29 is 4.57 Å². The molecule has 0 amide bonds. The van der Waals surface area contributed by atoms with Crippen LogP contribution in [0.2, 0.25) is 5.02 Å². The van der Waals surface area contributed by atoms with E-state index in [9.17, 15) is 4.79 Å². The lowest BCUT2D eigenvalue weighted by atomic mass is 10.1. The Hall–Kier alpha value is -2.32. The average Bonchev–Trinajstić information content (AvgIpc) is 3.46. The fourth-order valence-corrected chi connectivity index (χ4v) is 7.53. The molecule has 0 bridgehead atoms. The molecule has 0 spiro atoms. The van der Waals surface area contributed by atoms with Gasteiger partial charge in [0, 0.05) is 29.1 Å². The van der Waals surface area contributed by atoms with Gasteiger partial charge in [0.1, 0.15) is 14.2 Å². The second kappa shape index (κ2) is 9.14. The molecule has 2 aromatic heterocycles. The molecule has 0 aliphatic carbocycles. The number of rotatable bonds is 4. The first-order valence-corrected chi connectivity index (χ1v) is 13.5. The Balaban J connectivity index is 1.61. The molecule has 8 heteroatoms. The Labute approximate surface area is 209 Å². The first-order valence-electron chi connectivity index (χ1n) is 10.6. The Morgan fingerprint density at radius 3 is 2.79 bits per heavy atom. The van der Waals surface area contributed by atoms with Crippen molar-refractivity contribution in [1.29, 1.82) is 0 Å². The molecule has 0 saturated carbocycles. The van der Waals surface area contributed by atoms with Gasteiger partial charge in [-0.15, -0.1) is 11.3 Å². The molecule has 1 aliphatic heterocycles. The van der Waals surface area contributed by atoms with Crippen molar-refractivity contribution in [2.45, 2.75) is 31.8 Å². The van der Waals surface area contributed by atoms with Gasteiger partial charge in [0.2, 0.25) is 0 Å². The summed E-state index contributed by atoms with van der Waals surface area (Å²) >= 11 is 11.1. The van der Waals surface area contributed by atoms with Crippen LogP contribution in [0, 0.1) is 6.92 Å². The summed E-state index contributed by atoms with van der Waals surface area (Å²) in [4.78, 5) is 16.6. The Morgan fingerprint density at radius 1 is 1.18 bits per heavy atom. The smallest absolute Gasteiger partial charge is 0.271 e. The number of aryl methyl sites for hydroxylation is 1. The summed E-state index contributed by atoms with van der Waals surface area (Å²) in [5.74, 6) is 0. The van der Waals surface area contributed by atoms with Crippen molar-refractivity contribution in [3.8, 4) is 0 Å². The Bertz CT molecular complexity index is 1530. The maximum Gasteiger partial charge on any atom is 0.271 e. The highest BCUT2D eigenvalue weighted by atomic mass is 35.5. The van der Waals surface area contributed by atoms with Gasteiger partial charge >= 0.3 is 0 Å². The summed E-state index contributed by atoms with van der Waals surface area (Å²) in [5.41, 5.74) is 3.72. The standard InChI is InChI=1S/C25H23ClN3OS3/c1-4-29-22(14-21-28(11-12-31-21)15-17-8-6-5-7-16(17)2)33-23(24(29)30)25-27(3)19-10-9-18(26)13-20(19)32-25/h5-14H,4,15H2,1-3H3/q+1. The first-order chi connectivity index (χ1) is 16.0. The van der Waals surface area contributed by atoms with E-state index in [0.29, 0.717) is 11.6 Å². The summed E-state index contributed by atoms with van der Waals surface area (Å²) < 4.78 is 5.85. The van der Waals surface area contributed by atoms with Gasteiger partial charge in [0.15, 0.2) is 12.7 Å². The molecule has 0 atom stereocenters. The van der Waals surface area contributed by atoms with Crippen molar-refractivity contribution in [1.82, 2.24) is 4.57 Å². The van der Waals surface area contributed by atoms with E-state index in [1.54, 1.807) is 34.4 Å². The molecule has 1 aliphatic rings. The normalized spacial score (nSPS) is 15.4. The summed E-state index contributed by atoms with van der Waals surface area (Å²) in [7, 11) is 2.01. The van der Waals surface area contributed by atoms with Crippen molar-refractivity contribution in [3.63, 3.8) is 0 Å². The monoisotopic (exact) mass is 512 g/mol. The van der Waals surface area contributed by atoms with E-state index in [1.807, 2.05) is 36.7 Å². The van der Waals surface area contributed by atoms with E-state index in [-0.39, 0.29) is 5.56 Å². The van der Waals surface area contributed by atoms with Crippen molar-refractivity contribution in [3.05, 3.63) is 94.7 Å². The second-order valence-corrected chi connectivity index (χ2v) is 11.3. The van der Waals surface area contributed by atoms with Crippen LogP contribution in [-0.4, -0.2) is 11.6 Å². The van der Waals surface area contributed by atoms with Crippen LogP contribution in [0.4, 0.5) is 5.69 Å². The lowest BCUT2D eigenvalue weighted by Crippen LogP contribution is -2.36. The number of thioether (sulfide) groups is 1. The van der Waals surface area contributed by atoms with Crippen LogP contribution in [0.1, 0.15) is 23.1 Å². The van der Waals surface area contributed by atoms with Crippen LogP contribution in [0.15, 0.2) is 63.7 Å². The largest absolute Gasteiger partial charge is 0.337 e. The summed E-state index contributed by atoms with van der Waals surface area (Å²) in [6, 6.07) is 14.3. The van der Waals surface area contributed by atoms with Gasteiger partial charge in [-0.05, 0) is 37.6 Å². The lowest BCUT2D eigenvalue weighted by molar-refractivity contribution is -0.685. The van der Waals surface area contributed by atoms with E-state index >= 15 is 0 Å². The number of hydrogen-bond acceptors (Lipinski definition) is 5. The number of fused-ring (bicyclic) bond motifs is 1. The minimum Gasteiger partial charge on any atom is -0.337 e. The van der Waals surface area contributed by atoms with Crippen molar-refractivity contribution >= 4 is 62.8 Å².